The molecule has 3 rings (SSSR count). The highest BCUT2D eigenvalue weighted by Gasteiger charge is 2.21. The number of hydrogen-bond donors (Lipinski definition) is 1. The molecule has 0 radical (unpaired) electrons. The van der Waals surface area contributed by atoms with Gasteiger partial charge >= 0.3 is 5.97 Å². The van der Waals surface area contributed by atoms with E-state index in [1.807, 2.05) is 0 Å². The topological polar surface area (TPSA) is 68.4 Å². The summed E-state index contributed by atoms with van der Waals surface area (Å²) in [7, 11) is 1.49. The van der Waals surface area contributed by atoms with Crippen LogP contribution in [0.4, 0.5) is 4.39 Å². The molecule has 6 heteroatoms. The van der Waals surface area contributed by atoms with E-state index < -0.39 is 17.2 Å². The van der Waals surface area contributed by atoms with Gasteiger partial charge in [-0.05, 0) is 55.0 Å². The summed E-state index contributed by atoms with van der Waals surface area (Å²) in [5.41, 5.74) is 0.762. The fraction of sp³-hybridized carbons (Fsp3) is 0.158. The number of halogens is 1. The van der Waals surface area contributed by atoms with E-state index in [4.69, 9.17) is 9.47 Å². The number of H-pyrrole nitrogens is 1. The first-order valence-electron chi connectivity index (χ1n) is 7.72. The molecule has 0 amide bonds. The van der Waals surface area contributed by atoms with Crippen molar-refractivity contribution in [3.63, 3.8) is 0 Å². The Morgan fingerprint density at radius 1 is 1.16 bits per heavy atom. The number of carbonyl (C=O) groups excluding carboxylic acids is 1. The maximum absolute atomic E-state index is 13.2. The Balaban J connectivity index is 2.33. The van der Waals surface area contributed by atoms with Crippen LogP contribution in [0.3, 0.4) is 0 Å². The predicted molar refractivity (Wildman–Crippen MR) is 92.5 cm³/mol. The van der Waals surface area contributed by atoms with E-state index in [1.54, 1.807) is 25.1 Å². The van der Waals surface area contributed by atoms with E-state index in [2.05, 4.69) is 4.98 Å². The number of esters is 1. The zero-order valence-corrected chi connectivity index (χ0v) is 13.8. The first-order chi connectivity index (χ1) is 12.0. The lowest BCUT2D eigenvalue weighted by Gasteiger charge is -2.12. The standard InChI is InChI=1S/C19H16FNO4/c1-3-25-19(23)16-17(11-4-6-12(20)7-5-11)21-15-9-8-13(24-2)10-14(15)18(16)22/h4-10H,3H2,1-2H3,(H,21,22). The van der Waals surface area contributed by atoms with E-state index in [9.17, 15) is 14.0 Å². The number of benzene rings is 2. The third-order valence-corrected chi connectivity index (χ3v) is 3.82. The molecule has 2 aromatic carbocycles. The number of fused-ring (bicyclic) bond motifs is 1. The van der Waals surface area contributed by atoms with E-state index in [-0.39, 0.29) is 12.2 Å². The van der Waals surface area contributed by atoms with Crippen molar-refractivity contribution in [2.24, 2.45) is 0 Å². The molecule has 0 atom stereocenters. The Kier molecular flexibility index (Phi) is 4.52. The Bertz CT molecular complexity index is 993. The van der Waals surface area contributed by atoms with Crippen LogP contribution in [0.15, 0.2) is 47.3 Å². The van der Waals surface area contributed by atoms with Gasteiger partial charge in [0.15, 0.2) is 0 Å². The molecule has 0 fully saturated rings. The average Bonchev–Trinajstić information content (AvgIpc) is 2.62. The van der Waals surface area contributed by atoms with E-state index in [1.165, 1.54) is 31.4 Å². The lowest BCUT2D eigenvalue weighted by atomic mass is 10.0. The van der Waals surface area contributed by atoms with Crippen LogP contribution in [0.25, 0.3) is 22.2 Å². The molecule has 0 aliphatic carbocycles. The van der Waals surface area contributed by atoms with Gasteiger partial charge in [0.1, 0.15) is 17.1 Å². The summed E-state index contributed by atoms with van der Waals surface area (Å²) in [6.07, 6.45) is 0. The van der Waals surface area contributed by atoms with Crippen molar-refractivity contribution < 1.29 is 18.7 Å². The normalized spacial score (nSPS) is 10.7. The van der Waals surface area contributed by atoms with Gasteiger partial charge in [-0.3, -0.25) is 4.79 Å². The van der Waals surface area contributed by atoms with E-state index >= 15 is 0 Å². The Labute approximate surface area is 143 Å². The van der Waals surface area contributed by atoms with Crippen LogP contribution in [0.5, 0.6) is 5.75 Å². The molecule has 5 nitrogen and oxygen atoms in total. The predicted octanol–water partition coefficient (Wildman–Crippen LogP) is 3.52. The second-order valence-corrected chi connectivity index (χ2v) is 5.34. The lowest BCUT2D eigenvalue weighted by molar-refractivity contribution is 0.0525. The Morgan fingerprint density at radius 3 is 2.52 bits per heavy atom. The quantitative estimate of drug-likeness (QED) is 0.737. The molecule has 128 valence electrons. The van der Waals surface area contributed by atoms with Crippen LogP contribution in [-0.2, 0) is 4.74 Å². The highest BCUT2D eigenvalue weighted by molar-refractivity contribution is 6.00. The average molecular weight is 341 g/mol. The molecule has 0 spiro atoms. The summed E-state index contributed by atoms with van der Waals surface area (Å²) in [4.78, 5) is 28.4. The number of aromatic nitrogens is 1. The molecule has 0 aliphatic heterocycles. The zero-order valence-electron chi connectivity index (χ0n) is 13.8. The number of pyridine rings is 1. The minimum absolute atomic E-state index is 0.116. The fourth-order valence-corrected chi connectivity index (χ4v) is 2.62. The highest BCUT2D eigenvalue weighted by atomic mass is 19.1. The third-order valence-electron chi connectivity index (χ3n) is 3.82. The summed E-state index contributed by atoms with van der Waals surface area (Å²) >= 11 is 0. The van der Waals surface area contributed by atoms with Gasteiger partial charge in [0.2, 0.25) is 5.43 Å². The van der Waals surface area contributed by atoms with Gasteiger partial charge in [-0.15, -0.1) is 0 Å². The number of carbonyl (C=O) groups is 1. The minimum atomic E-state index is -0.729. The molecule has 1 aromatic heterocycles. The molecular formula is C19H16FNO4. The van der Waals surface area contributed by atoms with E-state index in [0.29, 0.717) is 27.9 Å². The fourth-order valence-electron chi connectivity index (χ4n) is 2.62. The van der Waals surface area contributed by atoms with E-state index in [0.717, 1.165) is 0 Å². The van der Waals surface area contributed by atoms with Crippen LogP contribution >= 0.6 is 0 Å². The summed E-state index contributed by atoms with van der Waals surface area (Å²) in [5.74, 6) is -0.635. The van der Waals surface area contributed by atoms with Crippen LogP contribution in [0, 0.1) is 5.82 Å². The van der Waals surface area contributed by atoms with Crippen molar-refractivity contribution in [2.45, 2.75) is 6.92 Å². The third kappa shape index (κ3) is 3.10. The Hall–Kier alpha value is -3.15. The number of nitrogens with one attached hydrogen (secondary N) is 1. The molecule has 1 heterocycles. The maximum Gasteiger partial charge on any atom is 0.344 e. The van der Waals surface area contributed by atoms with Crippen molar-refractivity contribution >= 4 is 16.9 Å². The Morgan fingerprint density at radius 2 is 1.88 bits per heavy atom. The molecule has 25 heavy (non-hydrogen) atoms. The van der Waals surface area contributed by atoms with Crippen molar-refractivity contribution in [2.75, 3.05) is 13.7 Å². The van der Waals surface area contributed by atoms with Gasteiger partial charge in [-0.2, -0.15) is 0 Å². The van der Waals surface area contributed by atoms with Crippen molar-refractivity contribution in [1.29, 1.82) is 0 Å². The second kappa shape index (κ2) is 6.76. The SMILES string of the molecule is CCOC(=O)c1c(-c2ccc(F)cc2)[nH]c2ccc(OC)cc2c1=O. The maximum atomic E-state index is 13.2. The second-order valence-electron chi connectivity index (χ2n) is 5.34. The van der Waals surface area contributed by atoms with Gasteiger partial charge in [0.25, 0.3) is 0 Å². The molecule has 0 saturated heterocycles. The van der Waals surface area contributed by atoms with Crippen LogP contribution in [0.2, 0.25) is 0 Å². The first-order valence-corrected chi connectivity index (χ1v) is 7.72. The van der Waals surface area contributed by atoms with Crippen molar-refractivity contribution in [1.82, 2.24) is 4.98 Å². The molecule has 0 bridgehead atoms. The van der Waals surface area contributed by atoms with Gasteiger partial charge in [0, 0.05) is 0 Å². The summed E-state index contributed by atoms with van der Waals surface area (Å²) < 4.78 is 23.4. The van der Waals surface area contributed by atoms with Crippen molar-refractivity contribution in [3.05, 3.63) is 64.1 Å². The monoisotopic (exact) mass is 341 g/mol. The molecule has 1 N–H and O–H groups in total. The lowest BCUT2D eigenvalue weighted by Crippen LogP contribution is -2.20. The first kappa shape index (κ1) is 16.7. The molecule has 0 saturated carbocycles. The zero-order chi connectivity index (χ0) is 18.0. The van der Waals surface area contributed by atoms with Gasteiger partial charge in [0.05, 0.1) is 30.3 Å². The smallest absolute Gasteiger partial charge is 0.344 e. The van der Waals surface area contributed by atoms with Gasteiger partial charge in [-0.25, -0.2) is 9.18 Å². The van der Waals surface area contributed by atoms with Crippen LogP contribution < -0.4 is 10.2 Å². The van der Waals surface area contributed by atoms with Crippen LogP contribution in [-0.4, -0.2) is 24.7 Å². The highest BCUT2D eigenvalue weighted by Crippen LogP contribution is 2.25. The molecule has 0 aliphatic rings. The summed E-state index contributed by atoms with van der Waals surface area (Å²) in [5, 5.41) is 0.313. The number of hydrogen-bond acceptors (Lipinski definition) is 4. The molecular weight excluding hydrogens is 325 g/mol. The van der Waals surface area contributed by atoms with Gasteiger partial charge in [-0.1, -0.05) is 0 Å². The number of rotatable bonds is 4. The van der Waals surface area contributed by atoms with Gasteiger partial charge < -0.3 is 14.5 Å². The summed E-state index contributed by atoms with van der Waals surface area (Å²) in [6, 6.07) is 10.5. The number of aromatic amines is 1. The van der Waals surface area contributed by atoms with Crippen molar-refractivity contribution in [3.8, 4) is 17.0 Å². The summed E-state index contributed by atoms with van der Waals surface area (Å²) in [6.45, 7) is 1.80. The largest absolute Gasteiger partial charge is 0.497 e. The van der Waals surface area contributed by atoms with Crippen LogP contribution in [0.1, 0.15) is 17.3 Å². The minimum Gasteiger partial charge on any atom is -0.497 e. The number of methoxy groups -OCH3 is 1. The number of ether oxygens (including phenoxy) is 2. The molecule has 3 aromatic rings. The molecule has 0 unspecified atom stereocenters.